The maximum Gasteiger partial charge on any atom is 0.306 e. The van der Waals surface area contributed by atoms with E-state index in [9.17, 15) is 4.79 Å². The molecular formula is C15H26O2. The van der Waals surface area contributed by atoms with E-state index >= 15 is 0 Å². The molecule has 17 heavy (non-hydrogen) atoms. The molecule has 1 heterocycles. The van der Waals surface area contributed by atoms with Gasteiger partial charge in [-0.1, -0.05) is 51.5 Å². The summed E-state index contributed by atoms with van der Waals surface area (Å²) in [5.41, 5.74) is 0. The van der Waals surface area contributed by atoms with Crippen molar-refractivity contribution in [1.29, 1.82) is 0 Å². The van der Waals surface area contributed by atoms with Crippen molar-refractivity contribution in [2.45, 2.75) is 70.8 Å². The maximum absolute atomic E-state index is 11.2. The number of hydrogen-bond acceptors (Lipinski definition) is 2. The number of hydrogen-bond donors (Lipinski definition) is 0. The molecule has 2 nitrogen and oxygen atoms in total. The highest BCUT2D eigenvalue weighted by molar-refractivity contribution is 5.72. The van der Waals surface area contributed by atoms with Gasteiger partial charge in [0, 0.05) is 5.92 Å². The third kappa shape index (κ3) is 5.38. The standard InChI is InChI=1S/C15H26O2/c1-3-5-6-7-8-9-10-11-14-13(4-2)12-15(16)17-14/h4,13-14H,2-3,5-12H2,1H3/t13-,14+/m0/s1. The Balaban J connectivity index is 2.02. The average molecular weight is 238 g/mol. The van der Waals surface area contributed by atoms with Crippen LogP contribution in [0.3, 0.4) is 0 Å². The fraction of sp³-hybridized carbons (Fsp3) is 0.800. The van der Waals surface area contributed by atoms with Gasteiger partial charge in [-0.15, -0.1) is 6.58 Å². The molecule has 0 aromatic rings. The molecule has 0 radical (unpaired) electrons. The smallest absolute Gasteiger partial charge is 0.306 e. The molecule has 0 aromatic heterocycles. The predicted octanol–water partition coefficient (Wildman–Crippen LogP) is 4.24. The van der Waals surface area contributed by atoms with Crippen molar-refractivity contribution in [2.75, 3.05) is 0 Å². The Morgan fingerprint density at radius 2 is 1.88 bits per heavy atom. The highest BCUT2D eigenvalue weighted by Gasteiger charge is 2.31. The number of ether oxygens (including phenoxy) is 1. The van der Waals surface area contributed by atoms with Gasteiger partial charge in [0.15, 0.2) is 0 Å². The lowest BCUT2D eigenvalue weighted by Gasteiger charge is -2.13. The number of unbranched alkanes of at least 4 members (excludes halogenated alkanes) is 6. The topological polar surface area (TPSA) is 26.3 Å². The van der Waals surface area contributed by atoms with Gasteiger partial charge >= 0.3 is 5.97 Å². The summed E-state index contributed by atoms with van der Waals surface area (Å²) in [6.45, 7) is 6.01. The van der Waals surface area contributed by atoms with E-state index in [0.717, 1.165) is 6.42 Å². The van der Waals surface area contributed by atoms with E-state index in [-0.39, 0.29) is 18.0 Å². The molecule has 0 amide bonds. The molecule has 1 saturated heterocycles. The van der Waals surface area contributed by atoms with Crippen molar-refractivity contribution in [3.63, 3.8) is 0 Å². The lowest BCUT2D eigenvalue weighted by atomic mass is 9.96. The van der Waals surface area contributed by atoms with E-state index in [4.69, 9.17) is 4.74 Å². The number of esters is 1. The van der Waals surface area contributed by atoms with Gasteiger partial charge in [0.25, 0.3) is 0 Å². The Hall–Kier alpha value is -0.790. The zero-order valence-electron chi connectivity index (χ0n) is 11.1. The second kappa shape index (κ2) is 8.32. The quantitative estimate of drug-likeness (QED) is 0.341. The number of carbonyl (C=O) groups is 1. The summed E-state index contributed by atoms with van der Waals surface area (Å²) in [4.78, 5) is 11.2. The van der Waals surface area contributed by atoms with Crippen LogP contribution in [-0.2, 0) is 9.53 Å². The Labute approximate surface area is 105 Å². The zero-order valence-corrected chi connectivity index (χ0v) is 11.1. The minimum Gasteiger partial charge on any atom is -0.462 e. The summed E-state index contributed by atoms with van der Waals surface area (Å²) >= 11 is 0. The summed E-state index contributed by atoms with van der Waals surface area (Å²) < 4.78 is 5.30. The van der Waals surface area contributed by atoms with E-state index in [1.165, 1.54) is 44.9 Å². The Bertz CT molecular complexity index is 235. The van der Waals surface area contributed by atoms with Crippen molar-refractivity contribution >= 4 is 5.97 Å². The highest BCUT2D eigenvalue weighted by atomic mass is 16.5. The van der Waals surface area contributed by atoms with Crippen LogP contribution in [0.4, 0.5) is 0 Å². The van der Waals surface area contributed by atoms with E-state index in [0.29, 0.717) is 6.42 Å². The first-order valence-corrected chi connectivity index (χ1v) is 7.10. The van der Waals surface area contributed by atoms with Crippen LogP contribution >= 0.6 is 0 Å². The molecule has 0 unspecified atom stereocenters. The molecule has 0 saturated carbocycles. The van der Waals surface area contributed by atoms with Crippen molar-refractivity contribution in [3.8, 4) is 0 Å². The number of carbonyl (C=O) groups excluding carboxylic acids is 1. The van der Waals surface area contributed by atoms with Crippen LogP contribution in [0.15, 0.2) is 12.7 Å². The largest absolute Gasteiger partial charge is 0.462 e. The SMILES string of the molecule is C=C[C@H]1CC(=O)O[C@@H]1CCCCCCCCC. The molecule has 0 aliphatic carbocycles. The van der Waals surface area contributed by atoms with Crippen LogP contribution in [0.25, 0.3) is 0 Å². The summed E-state index contributed by atoms with van der Waals surface area (Å²) in [6.07, 6.45) is 12.7. The fourth-order valence-corrected chi connectivity index (χ4v) is 2.44. The monoisotopic (exact) mass is 238 g/mol. The molecule has 1 rings (SSSR count). The minimum absolute atomic E-state index is 0.0529. The molecule has 1 aliphatic heterocycles. The second-order valence-electron chi connectivity index (χ2n) is 5.04. The van der Waals surface area contributed by atoms with Crippen LogP contribution in [0.2, 0.25) is 0 Å². The van der Waals surface area contributed by atoms with Gasteiger partial charge in [-0.2, -0.15) is 0 Å². The van der Waals surface area contributed by atoms with E-state index in [1.54, 1.807) is 0 Å². The first-order valence-electron chi connectivity index (χ1n) is 7.10. The van der Waals surface area contributed by atoms with Gasteiger partial charge in [0.1, 0.15) is 6.10 Å². The van der Waals surface area contributed by atoms with Crippen LogP contribution in [-0.4, -0.2) is 12.1 Å². The lowest BCUT2D eigenvalue weighted by Crippen LogP contribution is -2.13. The summed E-state index contributed by atoms with van der Waals surface area (Å²) in [6, 6.07) is 0. The summed E-state index contributed by atoms with van der Waals surface area (Å²) in [5.74, 6) is 0.199. The third-order valence-electron chi connectivity index (χ3n) is 3.56. The average Bonchev–Trinajstić information content (AvgIpc) is 2.68. The van der Waals surface area contributed by atoms with Gasteiger partial charge in [0.05, 0.1) is 6.42 Å². The Morgan fingerprint density at radius 3 is 2.53 bits per heavy atom. The van der Waals surface area contributed by atoms with Crippen LogP contribution in [0.1, 0.15) is 64.7 Å². The van der Waals surface area contributed by atoms with E-state index in [2.05, 4.69) is 13.5 Å². The van der Waals surface area contributed by atoms with Gasteiger partial charge < -0.3 is 4.74 Å². The van der Waals surface area contributed by atoms with Crippen LogP contribution in [0, 0.1) is 5.92 Å². The molecule has 1 fully saturated rings. The van der Waals surface area contributed by atoms with Crippen molar-refractivity contribution < 1.29 is 9.53 Å². The fourth-order valence-electron chi connectivity index (χ4n) is 2.44. The Kier molecular flexibility index (Phi) is 6.99. The molecule has 0 bridgehead atoms. The van der Waals surface area contributed by atoms with Crippen molar-refractivity contribution in [3.05, 3.63) is 12.7 Å². The lowest BCUT2D eigenvalue weighted by molar-refractivity contribution is -0.141. The molecule has 2 heteroatoms. The summed E-state index contributed by atoms with van der Waals surface area (Å²) in [5, 5.41) is 0. The van der Waals surface area contributed by atoms with Gasteiger partial charge in [0.2, 0.25) is 0 Å². The first-order chi connectivity index (χ1) is 8.27. The summed E-state index contributed by atoms with van der Waals surface area (Å²) in [7, 11) is 0. The molecule has 0 spiro atoms. The number of rotatable bonds is 9. The molecule has 2 atom stereocenters. The zero-order chi connectivity index (χ0) is 12.5. The highest BCUT2D eigenvalue weighted by Crippen LogP contribution is 2.27. The second-order valence-corrected chi connectivity index (χ2v) is 5.04. The number of cyclic esters (lactones) is 1. The van der Waals surface area contributed by atoms with Gasteiger partial charge in [-0.3, -0.25) is 4.79 Å². The maximum atomic E-state index is 11.2. The molecular weight excluding hydrogens is 212 g/mol. The third-order valence-corrected chi connectivity index (χ3v) is 3.56. The minimum atomic E-state index is -0.0529. The first kappa shape index (κ1) is 14.3. The van der Waals surface area contributed by atoms with Crippen molar-refractivity contribution in [1.82, 2.24) is 0 Å². The molecule has 0 aromatic carbocycles. The van der Waals surface area contributed by atoms with Crippen LogP contribution in [0.5, 0.6) is 0 Å². The Morgan fingerprint density at radius 1 is 1.24 bits per heavy atom. The normalized spacial score (nSPS) is 23.7. The van der Waals surface area contributed by atoms with E-state index in [1.807, 2.05) is 6.08 Å². The predicted molar refractivity (Wildman–Crippen MR) is 70.8 cm³/mol. The molecule has 1 aliphatic rings. The van der Waals surface area contributed by atoms with Gasteiger partial charge in [-0.25, -0.2) is 0 Å². The van der Waals surface area contributed by atoms with Gasteiger partial charge in [-0.05, 0) is 12.8 Å². The van der Waals surface area contributed by atoms with Crippen LogP contribution < -0.4 is 0 Å². The molecule has 98 valence electrons. The van der Waals surface area contributed by atoms with Crippen molar-refractivity contribution in [2.24, 2.45) is 5.92 Å². The molecule has 0 N–H and O–H groups in total. The van der Waals surface area contributed by atoms with E-state index < -0.39 is 0 Å².